The Kier molecular flexibility index (Phi) is 3.62. The van der Waals surface area contributed by atoms with Gasteiger partial charge in [0.25, 0.3) is 0 Å². The van der Waals surface area contributed by atoms with E-state index >= 15 is 0 Å². The molecule has 1 aromatic heterocycles. The maximum Gasteiger partial charge on any atom is 0.344 e. The lowest BCUT2D eigenvalue weighted by Crippen LogP contribution is -2.20. The van der Waals surface area contributed by atoms with E-state index in [1.165, 1.54) is 0 Å². The second-order valence-corrected chi connectivity index (χ2v) is 5.38. The van der Waals surface area contributed by atoms with Crippen LogP contribution in [0.4, 0.5) is 5.69 Å². The van der Waals surface area contributed by atoms with Crippen molar-refractivity contribution in [2.45, 2.75) is 0 Å². The van der Waals surface area contributed by atoms with E-state index in [0.29, 0.717) is 11.0 Å². The van der Waals surface area contributed by atoms with Gasteiger partial charge < -0.3 is 14.6 Å². The van der Waals surface area contributed by atoms with Crippen LogP contribution in [0.25, 0.3) is 21.7 Å². The Morgan fingerprint density at radius 3 is 2.57 bits per heavy atom. The molecule has 4 heteroatoms. The van der Waals surface area contributed by atoms with E-state index in [2.05, 4.69) is 10.2 Å². The molecule has 0 aliphatic rings. The summed E-state index contributed by atoms with van der Waals surface area (Å²) in [4.78, 5) is 14.1. The van der Waals surface area contributed by atoms with Gasteiger partial charge in [0.05, 0.1) is 5.39 Å². The summed E-state index contributed by atoms with van der Waals surface area (Å²) in [6.45, 7) is 1.83. The number of benzene rings is 2. The Balaban J connectivity index is 2.06. The standard InChI is InChI=1S/C17H18N2O2/c1-19(2)10-9-18-12-7-8-16-15(11-12)13-5-3-4-6-14(13)17(20)21-16/h3-8,11,18H,9-10H2,1-2H3. The van der Waals surface area contributed by atoms with Crippen molar-refractivity contribution >= 4 is 27.4 Å². The van der Waals surface area contributed by atoms with Crippen LogP contribution in [0.3, 0.4) is 0 Å². The van der Waals surface area contributed by atoms with Gasteiger partial charge in [0.15, 0.2) is 0 Å². The van der Waals surface area contributed by atoms with Gasteiger partial charge in [-0.3, -0.25) is 0 Å². The predicted octanol–water partition coefficient (Wildman–Crippen LogP) is 2.92. The lowest BCUT2D eigenvalue weighted by molar-refractivity contribution is 0.425. The number of hydrogen-bond acceptors (Lipinski definition) is 4. The topological polar surface area (TPSA) is 45.5 Å². The maximum atomic E-state index is 11.9. The van der Waals surface area contributed by atoms with Crippen LogP contribution >= 0.6 is 0 Å². The van der Waals surface area contributed by atoms with Crippen molar-refractivity contribution in [1.82, 2.24) is 4.90 Å². The first-order valence-corrected chi connectivity index (χ1v) is 6.99. The molecule has 1 heterocycles. The van der Waals surface area contributed by atoms with Crippen LogP contribution in [0.2, 0.25) is 0 Å². The molecule has 108 valence electrons. The largest absolute Gasteiger partial charge is 0.422 e. The third-order valence-corrected chi connectivity index (χ3v) is 3.51. The molecule has 2 aromatic carbocycles. The lowest BCUT2D eigenvalue weighted by atomic mass is 10.1. The molecule has 0 fully saturated rings. The molecular formula is C17H18N2O2. The van der Waals surface area contributed by atoms with E-state index < -0.39 is 0 Å². The Labute approximate surface area is 123 Å². The first-order chi connectivity index (χ1) is 10.1. The summed E-state index contributed by atoms with van der Waals surface area (Å²) in [6, 6.07) is 13.4. The van der Waals surface area contributed by atoms with E-state index in [0.717, 1.165) is 29.5 Å². The van der Waals surface area contributed by atoms with Crippen LogP contribution in [-0.2, 0) is 0 Å². The zero-order valence-corrected chi connectivity index (χ0v) is 12.2. The highest BCUT2D eigenvalue weighted by Crippen LogP contribution is 2.25. The summed E-state index contributed by atoms with van der Waals surface area (Å²) in [5.74, 6) is 0. The van der Waals surface area contributed by atoms with Gasteiger partial charge in [-0.2, -0.15) is 0 Å². The summed E-state index contributed by atoms with van der Waals surface area (Å²) >= 11 is 0. The van der Waals surface area contributed by atoms with Crippen LogP contribution in [0.15, 0.2) is 51.7 Å². The van der Waals surface area contributed by atoms with Gasteiger partial charge in [-0.05, 0) is 43.7 Å². The molecule has 0 aliphatic carbocycles. The molecule has 0 aliphatic heterocycles. The Bertz CT molecular complexity index is 837. The van der Waals surface area contributed by atoms with Gasteiger partial charge in [0.1, 0.15) is 5.58 Å². The fraction of sp³-hybridized carbons (Fsp3) is 0.235. The molecular weight excluding hydrogens is 264 g/mol. The predicted molar refractivity (Wildman–Crippen MR) is 87.0 cm³/mol. The minimum atomic E-state index is -0.286. The van der Waals surface area contributed by atoms with Crippen LogP contribution in [-0.4, -0.2) is 32.1 Å². The Hall–Kier alpha value is -2.33. The summed E-state index contributed by atoms with van der Waals surface area (Å²) < 4.78 is 5.38. The van der Waals surface area contributed by atoms with Crippen molar-refractivity contribution in [3.8, 4) is 0 Å². The molecule has 0 bridgehead atoms. The second kappa shape index (κ2) is 5.58. The summed E-state index contributed by atoms with van der Waals surface area (Å²) in [7, 11) is 4.09. The van der Waals surface area contributed by atoms with Crippen LogP contribution in [0.5, 0.6) is 0 Å². The first kappa shape index (κ1) is 13.6. The van der Waals surface area contributed by atoms with E-state index in [-0.39, 0.29) is 5.63 Å². The van der Waals surface area contributed by atoms with Crippen molar-refractivity contribution in [2.75, 3.05) is 32.5 Å². The lowest BCUT2D eigenvalue weighted by Gasteiger charge is -2.12. The molecule has 0 spiro atoms. The number of fused-ring (bicyclic) bond motifs is 3. The number of anilines is 1. The van der Waals surface area contributed by atoms with E-state index in [1.807, 2.05) is 50.5 Å². The highest BCUT2D eigenvalue weighted by Gasteiger charge is 2.07. The van der Waals surface area contributed by atoms with Gasteiger partial charge >= 0.3 is 5.63 Å². The summed E-state index contributed by atoms with van der Waals surface area (Å²) in [5.41, 5.74) is 1.37. The third kappa shape index (κ3) is 2.76. The summed E-state index contributed by atoms with van der Waals surface area (Å²) in [6.07, 6.45) is 0. The monoisotopic (exact) mass is 282 g/mol. The quantitative estimate of drug-likeness (QED) is 0.590. The zero-order valence-electron chi connectivity index (χ0n) is 12.2. The van der Waals surface area contributed by atoms with Crippen LogP contribution < -0.4 is 10.9 Å². The number of rotatable bonds is 4. The highest BCUT2D eigenvalue weighted by molar-refractivity contribution is 6.05. The molecule has 3 rings (SSSR count). The SMILES string of the molecule is CN(C)CCNc1ccc2oc(=O)c3ccccc3c2c1. The van der Waals surface area contributed by atoms with E-state index in [1.54, 1.807) is 6.07 Å². The van der Waals surface area contributed by atoms with E-state index in [4.69, 9.17) is 4.42 Å². The Morgan fingerprint density at radius 2 is 1.81 bits per heavy atom. The average molecular weight is 282 g/mol. The molecule has 1 N–H and O–H groups in total. The number of likely N-dealkylation sites (N-methyl/N-ethyl adjacent to an activating group) is 1. The van der Waals surface area contributed by atoms with E-state index in [9.17, 15) is 4.79 Å². The van der Waals surface area contributed by atoms with Crippen molar-refractivity contribution < 1.29 is 4.42 Å². The number of nitrogens with one attached hydrogen (secondary N) is 1. The minimum absolute atomic E-state index is 0.286. The average Bonchev–Trinajstić information content (AvgIpc) is 2.48. The van der Waals surface area contributed by atoms with Gasteiger partial charge in [-0.1, -0.05) is 18.2 Å². The van der Waals surface area contributed by atoms with Gasteiger partial charge in [-0.15, -0.1) is 0 Å². The second-order valence-electron chi connectivity index (χ2n) is 5.38. The summed E-state index contributed by atoms with van der Waals surface area (Å²) in [5, 5.41) is 5.90. The Morgan fingerprint density at radius 1 is 1.05 bits per heavy atom. The third-order valence-electron chi connectivity index (χ3n) is 3.51. The van der Waals surface area contributed by atoms with Crippen LogP contribution in [0.1, 0.15) is 0 Å². The van der Waals surface area contributed by atoms with Crippen LogP contribution in [0, 0.1) is 0 Å². The minimum Gasteiger partial charge on any atom is -0.422 e. The molecule has 0 radical (unpaired) electrons. The highest BCUT2D eigenvalue weighted by atomic mass is 16.4. The first-order valence-electron chi connectivity index (χ1n) is 6.99. The van der Waals surface area contributed by atoms with Crippen molar-refractivity contribution in [3.05, 3.63) is 52.9 Å². The maximum absolute atomic E-state index is 11.9. The molecule has 0 amide bonds. The van der Waals surface area contributed by atoms with Gasteiger partial charge in [0, 0.05) is 24.2 Å². The molecule has 3 aromatic rings. The molecule has 21 heavy (non-hydrogen) atoms. The zero-order chi connectivity index (χ0) is 14.8. The fourth-order valence-electron chi connectivity index (χ4n) is 2.41. The molecule has 0 saturated carbocycles. The number of hydrogen-bond donors (Lipinski definition) is 1. The molecule has 0 atom stereocenters. The van der Waals surface area contributed by atoms with Crippen molar-refractivity contribution in [1.29, 1.82) is 0 Å². The number of nitrogens with zero attached hydrogens (tertiary/aromatic N) is 1. The van der Waals surface area contributed by atoms with Crippen molar-refractivity contribution in [2.24, 2.45) is 0 Å². The van der Waals surface area contributed by atoms with Crippen molar-refractivity contribution in [3.63, 3.8) is 0 Å². The molecule has 0 saturated heterocycles. The molecule has 0 unspecified atom stereocenters. The molecule has 4 nitrogen and oxygen atoms in total. The normalized spacial score (nSPS) is 11.4. The fourth-order valence-corrected chi connectivity index (χ4v) is 2.41. The van der Waals surface area contributed by atoms with Gasteiger partial charge in [0.2, 0.25) is 0 Å². The van der Waals surface area contributed by atoms with Gasteiger partial charge in [-0.25, -0.2) is 4.79 Å². The smallest absolute Gasteiger partial charge is 0.344 e.